The number of rotatable bonds is 4. The summed E-state index contributed by atoms with van der Waals surface area (Å²) in [4.78, 5) is 13.4. The van der Waals surface area contributed by atoms with Crippen molar-refractivity contribution in [2.24, 2.45) is 0 Å². The Balaban J connectivity index is 1.96. The van der Waals surface area contributed by atoms with Crippen molar-refractivity contribution in [2.75, 3.05) is 0 Å². The molecule has 0 bridgehead atoms. The summed E-state index contributed by atoms with van der Waals surface area (Å²) in [5.41, 5.74) is 2.28. The van der Waals surface area contributed by atoms with Crippen molar-refractivity contribution in [1.29, 1.82) is 0 Å². The van der Waals surface area contributed by atoms with Gasteiger partial charge in [-0.2, -0.15) is 0 Å². The highest BCUT2D eigenvalue weighted by molar-refractivity contribution is 7.12. The third kappa shape index (κ3) is 2.39. The summed E-state index contributed by atoms with van der Waals surface area (Å²) < 4.78 is 0. The minimum atomic E-state index is 0.230. The molecule has 0 aliphatic heterocycles. The van der Waals surface area contributed by atoms with Gasteiger partial charge in [-0.15, -0.1) is 11.3 Å². The molecule has 0 aliphatic rings. The molecule has 3 rings (SSSR count). The second kappa shape index (κ2) is 5.59. The zero-order valence-electron chi connectivity index (χ0n) is 11.4. The highest BCUT2D eigenvalue weighted by atomic mass is 32.1. The Hall–Kier alpha value is -1.93. The van der Waals surface area contributed by atoms with Gasteiger partial charge in [0, 0.05) is 6.42 Å². The van der Waals surface area contributed by atoms with Crippen molar-refractivity contribution in [3.05, 3.63) is 69.9 Å². The Bertz CT molecular complexity index is 749. The molecule has 0 aliphatic carbocycles. The average Bonchev–Trinajstić information content (AvgIpc) is 2.96. The lowest BCUT2D eigenvalue weighted by Crippen LogP contribution is -2.04. The summed E-state index contributed by atoms with van der Waals surface area (Å²) in [5, 5.41) is 4.38. The van der Waals surface area contributed by atoms with Crippen LogP contribution in [0.15, 0.2) is 53.9 Å². The van der Waals surface area contributed by atoms with Gasteiger partial charge in [-0.1, -0.05) is 49.4 Å². The number of hydrogen-bond acceptors (Lipinski definition) is 2. The highest BCUT2D eigenvalue weighted by Gasteiger charge is 2.13. The second-order valence-corrected chi connectivity index (χ2v) is 5.78. The van der Waals surface area contributed by atoms with Crippen LogP contribution in [-0.4, -0.2) is 5.78 Å². The van der Waals surface area contributed by atoms with Gasteiger partial charge in [0.05, 0.1) is 4.88 Å². The lowest BCUT2D eigenvalue weighted by atomic mass is 9.99. The Morgan fingerprint density at radius 2 is 1.80 bits per heavy atom. The molecule has 3 aromatic rings. The molecule has 0 spiro atoms. The number of benzene rings is 2. The Morgan fingerprint density at radius 1 is 1.00 bits per heavy atom. The molecule has 0 saturated carbocycles. The van der Waals surface area contributed by atoms with Crippen molar-refractivity contribution in [2.45, 2.75) is 19.8 Å². The van der Waals surface area contributed by atoms with Gasteiger partial charge in [-0.25, -0.2) is 0 Å². The van der Waals surface area contributed by atoms with Gasteiger partial charge in [0.15, 0.2) is 5.78 Å². The topological polar surface area (TPSA) is 17.1 Å². The molecular formula is C18H16OS. The molecule has 0 atom stereocenters. The molecule has 1 aromatic heterocycles. The zero-order valence-corrected chi connectivity index (χ0v) is 12.2. The fourth-order valence-electron chi connectivity index (χ4n) is 2.56. The molecule has 2 aromatic carbocycles. The molecule has 0 N–H and O–H groups in total. The molecule has 0 saturated heterocycles. The van der Waals surface area contributed by atoms with E-state index in [1.165, 1.54) is 16.3 Å². The number of aryl methyl sites for hydroxylation is 1. The minimum absolute atomic E-state index is 0.230. The standard InChI is InChI=1S/C18H16OS/c1-2-13-10-11-20-18(13)17(19)12-15-8-5-7-14-6-3-4-9-16(14)15/h3-11H,2,12H2,1H3. The Labute approximate surface area is 122 Å². The predicted molar refractivity (Wildman–Crippen MR) is 85.7 cm³/mol. The normalized spacial score (nSPS) is 10.8. The molecule has 1 heterocycles. The third-order valence-corrected chi connectivity index (χ3v) is 4.61. The van der Waals surface area contributed by atoms with Gasteiger partial charge in [0.25, 0.3) is 0 Å². The molecule has 1 nitrogen and oxygen atoms in total. The fourth-order valence-corrected chi connectivity index (χ4v) is 3.49. The maximum absolute atomic E-state index is 12.5. The van der Waals surface area contributed by atoms with Crippen LogP contribution in [0.4, 0.5) is 0 Å². The largest absolute Gasteiger partial charge is 0.293 e. The number of Topliss-reactive ketones (excluding diaryl/α,β-unsaturated/α-hetero) is 1. The lowest BCUT2D eigenvalue weighted by molar-refractivity contribution is 0.0996. The van der Waals surface area contributed by atoms with Crippen LogP contribution in [0, 0.1) is 0 Å². The first-order valence-electron chi connectivity index (χ1n) is 6.86. The van der Waals surface area contributed by atoms with E-state index in [2.05, 4.69) is 37.3 Å². The summed E-state index contributed by atoms with van der Waals surface area (Å²) in [6.07, 6.45) is 1.40. The van der Waals surface area contributed by atoms with Gasteiger partial charge < -0.3 is 0 Å². The number of fused-ring (bicyclic) bond motifs is 1. The van der Waals surface area contributed by atoms with Crippen LogP contribution in [0.5, 0.6) is 0 Å². The highest BCUT2D eigenvalue weighted by Crippen LogP contribution is 2.23. The smallest absolute Gasteiger partial charge is 0.177 e. The zero-order chi connectivity index (χ0) is 13.9. The summed E-state index contributed by atoms with van der Waals surface area (Å²) in [6, 6.07) is 16.5. The van der Waals surface area contributed by atoms with E-state index in [-0.39, 0.29) is 5.78 Å². The Morgan fingerprint density at radius 3 is 2.65 bits per heavy atom. The van der Waals surface area contributed by atoms with Crippen LogP contribution >= 0.6 is 11.3 Å². The predicted octanol–water partition coefficient (Wildman–Crippen LogP) is 4.89. The maximum atomic E-state index is 12.5. The van der Waals surface area contributed by atoms with Crippen LogP contribution in [0.1, 0.15) is 27.7 Å². The van der Waals surface area contributed by atoms with Crippen molar-refractivity contribution in [3.8, 4) is 0 Å². The fraction of sp³-hybridized carbons (Fsp3) is 0.167. The first-order valence-corrected chi connectivity index (χ1v) is 7.73. The van der Waals surface area contributed by atoms with E-state index in [9.17, 15) is 4.79 Å². The minimum Gasteiger partial charge on any atom is -0.293 e. The first kappa shape index (κ1) is 13.1. The summed E-state index contributed by atoms with van der Waals surface area (Å²) in [7, 11) is 0. The molecule has 0 radical (unpaired) electrons. The summed E-state index contributed by atoms with van der Waals surface area (Å²) in [5.74, 6) is 0.230. The number of hydrogen-bond donors (Lipinski definition) is 0. The van der Waals surface area contributed by atoms with E-state index in [1.54, 1.807) is 11.3 Å². The number of carbonyl (C=O) groups excluding carboxylic acids is 1. The molecule has 100 valence electrons. The van der Waals surface area contributed by atoms with Crippen LogP contribution in [-0.2, 0) is 12.8 Å². The van der Waals surface area contributed by atoms with E-state index < -0.39 is 0 Å². The second-order valence-electron chi connectivity index (χ2n) is 4.87. The number of ketones is 1. The van der Waals surface area contributed by atoms with E-state index in [0.29, 0.717) is 6.42 Å². The van der Waals surface area contributed by atoms with E-state index >= 15 is 0 Å². The number of thiophene rings is 1. The van der Waals surface area contributed by atoms with Crippen LogP contribution in [0.2, 0.25) is 0 Å². The Kier molecular flexibility index (Phi) is 3.66. The van der Waals surface area contributed by atoms with Crippen molar-refractivity contribution in [1.82, 2.24) is 0 Å². The van der Waals surface area contributed by atoms with E-state index in [4.69, 9.17) is 0 Å². The van der Waals surface area contributed by atoms with Crippen LogP contribution in [0.25, 0.3) is 10.8 Å². The van der Waals surface area contributed by atoms with Gasteiger partial charge in [-0.05, 0) is 39.8 Å². The SMILES string of the molecule is CCc1ccsc1C(=O)Cc1cccc2ccccc12. The van der Waals surface area contributed by atoms with Gasteiger partial charge >= 0.3 is 0 Å². The van der Waals surface area contributed by atoms with E-state index in [1.807, 2.05) is 23.6 Å². The monoisotopic (exact) mass is 280 g/mol. The molecule has 2 heteroatoms. The average molecular weight is 280 g/mol. The maximum Gasteiger partial charge on any atom is 0.177 e. The van der Waals surface area contributed by atoms with Crippen LogP contribution < -0.4 is 0 Å². The molecule has 0 amide bonds. The van der Waals surface area contributed by atoms with Crippen molar-refractivity contribution in [3.63, 3.8) is 0 Å². The molecular weight excluding hydrogens is 264 g/mol. The van der Waals surface area contributed by atoms with Crippen molar-refractivity contribution >= 4 is 27.9 Å². The number of carbonyl (C=O) groups is 1. The van der Waals surface area contributed by atoms with E-state index in [0.717, 1.165) is 16.9 Å². The van der Waals surface area contributed by atoms with Crippen LogP contribution in [0.3, 0.4) is 0 Å². The van der Waals surface area contributed by atoms with Crippen molar-refractivity contribution < 1.29 is 4.79 Å². The molecule has 0 fully saturated rings. The molecule has 20 heavy (non-hydrogen) atoms. The van der Waals surface area contributed by atoms with Gasteiger partial charge in [0.1, 0.15) is 0 Å². The molecule has 0 unspecified atom stereocenters. The van der Waals surface area contributed by atoms with Gasteiger partial charge in [0.2, 0.25) is 0 Å². The summed E-state index contributed by atoms with van der Waals surface area (Å²) in [6.45, 7) is 2.09. The van der Waals surface area contributed by atoms with Gasteiger partial charge in [-0.3, -0.25) is 4.79 Å². The first-order chi connectivity index (χ1) is 9.79. The third-order valence-electron chi connectivity index (χ3n) is 3.61. The lowest BCUT2D eigenvalue weighted by Gasteiger charge is -2.06. The quantitative estimate of drug-likeness (QED) is 0.622. The summed E-state index contributed by atoms with van der Waals surface area (Å²) >= 11 is 1.56.